The van der Waals surface area contributed by atoms with E-state index >= 15 is 0 Å². The number of ketones is 1. The molecule has 0 radical (unpaired) electrons. The third-order valence-corrected chi connectivity index (χ3v) is 3.92. The maximum absolute atomic E-state index is 12.2. The van der Waals surface area contributed by atoms with Crippen molar-refractivity contribution in [3.05, 3.63) is 23.8 Å². The minimum Gasteiger partial charge on any atom is -0.493 e. The Morgan fingerprint density at radius 2 is 1.95 bits per heavy atom. The van der Waals surface area contributed by atoms with E-state index in [1.165, 1.54) is 0 Å². The third-order valence-electron chi connectivity index (χ3n) is 3.92. The second-order valence-electron chi connectivity index (χ2n) is 5.32. The van der Waals surface area contributed by atoms with Gasteiger partial charge in [-0.25, -0.2) is 0 Å². The Hall–Kier alpha value is -2.04. The summed E-state index contributed by atoms with van der Waals surface area (Å²) >= 11 is 0. The quantitative estimate of drug-likeness (QED) is 0.690. The summed E-state index contributed by atoms with van der Waals surface area (Å²) in [6.07, 6.45) is 1.59. The van der Waals surface area contributed by atoms with Gasteiger partial charge >= 0.3 is 5.97 Å². The molecule has 1 aromatic carbocycles. The molecule has 5 nitrogen and oxygen atoms in total. The third kappa shape index (κ3) is 3.59. The molecule has 0 N–H and O–H groups in total. The molecule has 0 bridgehead atoms. The first-order valence-electron chi connectivity index (χ1n) is 7.51. The zero-order valence-corrected chi connectivity index (χ0v) is 13.3. The molecular weight excluding hydrogens is 284 g/mol. The molecule has 0 amide bonds. The number of Topliss-reactive ketones (excluding diaryl/α,β-unsaturated/α-hetero) is 1. The highest BCUT2D eigenvalue weighted by molar-refractivity contribution is 5.91. The van der Waals surface area contributed by atoms with Crippen molar-refractivity contribution in [1.82, 2.24) is 0 Å². The molecule has 0 spiro atoms. The number of hydrogen-bond donors (Lipinski definition) is 0. The van der Waals surface area contributed by atoms with Crippen molar-refractivity contribution >= 4 is 11.8 Å². The van der Waals surface area contributed by atoms with Crippen molar-refractivity contribution in [2.45, 2.75) is 26.2 Å². The lowest BCUT2D eigenvalue weighted by Gasteiger charge is -2.12. The molecule has 1 aliphatic carbocycles. The number of aryl methyl sites for hydroxylation is 1. The molecule has 0 aliphatic heterocycles. The summed E-state index contributed by atoms with van der Waals surface area (Å²) in [5.74, 6) is 0.775. The zero-order valence-electron chi connectivity index (χ0n) is 13.3. The fraction of sp³-hybridized carbons (Fsp3) is 0.529. The van der Waals surface area contributed by atoms with Gasteiger partial charge in [0.25, 0.3) is 0 Å². The Morgan fingerprint density at radius 3 is 2.59 bits per heavy atom. The molecule has 2 rings (SSSR count). The van der Waals surface area contributed by atoms with E-state index in [4.69, 9.17) is 14.2 Å². The van der Waals surface area contributed by atoms with Gasteiger partial charge in [0, 0.05) is 12.3 Å². The number of ether oxygens (including phenoxy) is 3. The molecule has 5 heteroatoms. The van der Waals surface area contributed by atoms with E-state index < -0.39 is 0 Å². The predicted octanol–water partition coefficient (Wildman–Crippen LogP) is 2.40. The van der Waals surface area contributed by atoms with Crippen LogP contribution in [0.3, 0.4) is 0 Å². The molecule has 22 heavy (non-hydrogen) atoms. The Kier molecular flexibility index (Phi) is 5.41. The Bertz CT molecular complexity index is 552. The lowest BCUT2D eigenvalue weighted by molar-refractivity contribution is -0.145. The lowest BCUT2D eigenvalue weighted by atomic mass is 10.0. The van der Waals surface area contributed by atoms with Crippen molar-refractivity contribution in [2.24, 2.45) is 11.8 Å². The summed E-state index contributed by atoms with van der Waals surface area (Å²) < 4.78 is 15.6. The van der Waals surface area contributed by atoms with Crippen molar-refractivity contribution in [2.75, 3.05) is 20.8 Å². The number of carbonyl (C=O) groups excluding carboxylic acids is 2. The summed E-state index contributed by atoms with van der Waals surface area (Å²) in [5, 5.41) is 0. The van der Waals surface area contributed by atoms with Crippen LogP contribution < -0.4 is 9.47 Å². The summed E-state index contributed by atoms with van der Waals surface area (Å²) in [6, 6.07) is 5.62. The van der Waals surface area contributed by atoms with Crippen LogP contribution in [-0.4, -0.2) is 32.6 Å². The van der Waals surface area contributed by atoms with Gasteiger partial charge in [0.1, 0.15) is 5.78 Å². The second kappa shape index (κ2) is 7.29. The SMILES string of the molecule is CCOC(=O)[C@H]1C[C@@H]1C(=O)CCc1cccc(OC)c1OC. The summed E-state index contributed by atoms with van der Waals surface area (Å²) in [6.45, 7) is 2.13. The highest BCUT2D eigenvalue weighted by Crippen LogP contribution is 2.41. The fourth-order valence-electron chi connectivity index (χ4n) is 2.65. The van der Waals surface area contributed by atoms with Crippen LogP contribution in [0.5, 0.6) is 11.5 Å². The predicted molar refractivity (Wildman–Crippen MR) is 81.1 cm³/mol. The first-order chi connectivity index (χ1) is 10.6. The molecular formula is C17H22O5. The standard InChI is InChI=1S/C17H22O5/c1-4-22-17(19)13-10-12(13)14(18)9-8-11-6-5-7-15(20-2)16(11)21-3/h5-7,12-13H,4,8-10H2,1-3H3/t12-,13-/m0/s1. The van der Waals surface area contributed by atoms with E-state index in [-0.39, 0.29) is 23.6 Å². The van der Waals surface area contributed by atoms with Crippen molar-refractivity contribution in [3.8, 4) is 11.5 Å². The Labute approximate surface area is 130 Å². The fourth-order valence-corrected chi connectivity index (χ4v) is 2.65. The highest BCUT2D eigenvalue weighted by atomic mass is 16.5. The van der Waals surface area contributed by atoms with Gasteiger partial charge in [0.05, 0.1) is 26.7 Å². The molecule has 120 valence electrons. The molecule has 0 saturated heterocycles. The smallest absolute Gasteiger partial charge is 0.309 e. The van der Waals surface area contributed by atoms with Gasteiger partial charge < -0.3 is 14.2 Å². The first-order valence-corrected chi connectivity index (χ1v) is 7.51. The first kappa shape index (κ1) is 16.3. The number of benzene rings is 1. The van der Waals surface area contributed by atoms with Crippen LogP contribution in [0.4, 0.5) is 0 Å². The zero-order chi connectivity index (χ0) is 16.1. The van der Waals surface area contributed by atoms with Gasteiger partial charge in [0.15, 0.2) is 11.5 Å². The molecule has 0 unspecified atom stereocenters. The van der Waals surface area contributed by atoms with Crippen LogP contribution in [0.2, 0.25) is 0 Å². The van der Waals surface area contributed by atoms with Crippen LogP contribution in [0, 0.1) is 11.8 Å². The maximum atomic E-state index is 12.2. The number of methoxy groups -OCH3 is 2. The van der Waals surface area contributed by atoms with E-state index in [1.54, 1.807) is 21.1 Å². The topological polar surface area (TPSA) is 61.8 Å². The molecule has 1 aromatic rings. The number of hydrogen-bond acceptors (Lipinski definition) is 5. The van der Waals surface area contributed by atoms with Crippen LogP contribution in [0.15, 0.2) is 18.2 Å². The van der Waals surface area contributed by atoms with E-state index in [2.05, 4.69) is 0 Å². The Balaban J connectivity index is 1.92. The van der Waals surface area contributed by atoms with Gasteiger partial charge in [-0.05, 0) is 31.4 Å². The highest BCUT2D eigenvalue weighted by Gasteiger charge is 2.48. The molecule has 1 aliphatic rings. The van der Waals surface area contributed by atoms with Crippen molar-refractivity contribution in [1.29, 1.82) is 0 Å². The average Bonchev–Trinajstić information content (AvgIpc) is 3.33. The second-order valence-corrected chi connectivity index (χ2v) is 5.32. The Morgan fingerprint density at radius 1 is 1.18 bits per heavy atom. The van der Waals surface area contributed by atoms with E-state index in [9.17, 15) is 9.59 Å². The van der Waals surface area contributed by atoms with Gasteiger partial charge in [-0.3, -0.25) is 9.59 Å². The van der Waals surface area contributed by atoms with Gasteiger partial charge in [-0.2, -0.15) is 0 Å². The normalized spacial score (nSPS) is 19.4. The molecule has 0 heterocycles. The van der Waals surface area contributed by atoms with Gasteiger partial charge in [-0.1, -0.05) is 12.1 Å². The molecule has 0 aromatic heterocycles. The average molecular weight is 306 g/mol. The van der Waals surface area contributed by atoms with E-state index in [0.717, 1.165) is 5.56 Å². The van der Waals surface area contributed by atoms with Crippen LogP contribution in [0.1, 0.15) is 25.3 Å². The number of rotatable bonds is 8. The van der Waals surface area contributed by atoms with Crippen molar-refractivity contribution in [3.63, 3.8) is 0 Å². The molecule has 2 atom stereocenters. The monoisotopic (exact) mass is 306 g/mol. The summed E-state index contributed by atoms with van der Waals surface area (Å²) in [5.41, 5.74) is 0.934. The number of para-hydroxylation sites is 1. The van der Waals surface area contributed by atoms with Crippen LogP contribution >= 0.6 is 0 Å². The van der Waals surface area contributed by atoms with Crippen molar-refractivity contribution < 1.29 is 23.8 Å². The van der Waals surface area contributed by atoms with Gasteiger partial charge in [-0.15, -0.1) is 0 Å². The van der Waals surface area contributed by atoms with Gasteiger partial charge in [0.2, 0.25) is 0 Å². The lowest BCUT2D eigenvalue weighted by Crippen LogP contribution is -2.12. The van der Waals surface area contributed by atoms with Crippen LogP contribution in [0.25, 0.3) is 0 Å². The molecule has 1 fully saturated rings. The summed E-state index contributed by atoms with van der Waals surface area (Å²) in [7, 11) is 3.17. The number of esters is 1. The minimum atomic E-state index is -0.250. The van der Waals surface area contributed by atoms with E-state index in [0.29, 0.717) is 37.4 Å². The maximum Gasteiger partial charge on any atom is 0.309 e. The molecule has 1 saturated carbocycles. The number of carbonyl (C=O) groups is 2. The largest absolute Gasteiger partial charge is 0.493 e. The minimum absolute atomic E-state index is 0.114. The van der Waals surface area contributed by atoms with Crippen LogP contribution in [-0.2, 0) is 20.7 Å². The van der Waals surface area contributed by atoms with E-state index in [1.807, 2.05) is 18.2 Å². The summed E-state index contributed by atoms with van der Waals surface area (Å²) in [4.78, 5) is 23.7.